The Morgan fingerprint density at radius 1 is 1.00 bits per heavy atom. The lowest BCUT2D eigenvalue weighted by Gasteiger charge is -2.24. The smallest absolute Gasteiger partial charge is 0.255 e. The molecule has 2 aromatic carbocycles. The number of amides is 3. The summed E-state index contributed by atoms with van der Waals surface area (Å²) in [5, 5.41) is 6.03. The maximum absolute atomic E-state index is 12.7. The van der Waals surface area contributed by atoms with Crippen LogP contribution in [-0.2, 0) is 9.59 Å². The Morgan fingerprint density at radius 2 is 1.77 bits per heavy atom. The van der Waals surface area contributed by atoms with Crippen LogP contribution in [0.4, 0.5) is 11.4 Å². The Balaban J connectivity index is 1.41. The highest BCUT2D eigenvalue weighted by molar-refractivity contribution is 6.06. The molecule has 2 aliphatic rings. The molecule has 6 nitrogen and oxygen atoms in total. The molecule has 1 saturated heterocycles. The van der Waals surface area contributed by atoms with E-state index in [1.807, 2.05) is 37.3 Å². The van der Waals surface area contributed by atoms with Crippen LogP contribution in [0.1, 0.15) is 54.4 Å². The van der Waals surface area contributed by atoms with Crippen LogP contribution in [0.3, 0.4) is 0 Å². The van der Waals surface area contributed by atoms with E-state index in [1.165, 1.54) is 6.42 Å². The molecule has 2 fully saturated rings. The summed E-state index contributed by atoms with van der Waals surface area (Å²) in [4.78, 5) is 39.6. The summed E-state index contributed by atoms with van der Waals surface area (Å²) < 4.78 is 0. The van der Waals surface area contributed by atoms with Crippen molar-refractivity contribution in [3.05, 3.63) is 59.7 Å². The maximum atomic E-state index is 12.7. The molecule has 1 aliphatic heterocycles. The maximum Gasteiger partial charge on any atom is 0.255 e. The number of hydrogen-bond acceptors (Lipinski definition) is 3. The molecule has 0 radical (unpaired) electrons. The fourth-order valence-corrected chi connectivity index (χ4v) is 4.44. The summed E-state index contributed by atoms with van der Waals surface area (Å²) in [5.74, 6) is -0.693. The molecule has 1 aliphatic carbocycles. The first-order chi connectivity index (χ1) is 15.0. The topological polar surface area (TPSA) is 78.5 Å². The summed E-state index contributed by atoms with van der Waals surface area (Å²) in [6, 6.07) is 14.9. The second-order valence-corrected chi connectivity index (χ2v) is 8.62. The van der Waals surface area contributed by atoms with Gasteiger partial charge in [-0.1, -0.05) is 37.5 Å². The van der Waals surface area contributed by atoms with Crippen molar-refractivity contribution >= 4 is 29.1 Å². The summed E-state index contributed by atoms with van der Waals surface area (Å²) in [7, 11) is 0. The zero-order valence-electron chi connectivity index (χ0n) is 17.9. The van der Waals surface area contributed by atoms with Crippen LogP contribution in [0.2, 0.25) is 0 Å². The van der Waals surface area contributed by atoms with E-state index in [0.29, 0.717) is 17.8 Å². The van der Waals surface area contributed by atoms with Crippen LogP contribution in [0.5, 0.6) is 0 Å². The van der Waals surface area contributed by atoms with Crippen LogP contribution in [-0.4, -0.2) is 30.3 Å². The van der Waals surface area contributed by atoms with E-state index in [9.17, 15) is 14.4 Å². The minimum absolute atomic E-state index is 0.0314. The predicted octanol–water partition coefficient (Wildman–Crippen LogP) is 4.05. The van der Waals surface area contributed by atoms with Crippen molar-refractivity contribution in [2.24, 2.45) is 5.92 Å². The van der Waals surface area contributed by atoms with Crippen molar-refractivity contribution < 1.29 is 14.4 Å². The molecule has 162 valence electrons. The third kappa shape index (κ3) is 5.13. The molecule has 6 heteroatoms. The highest BCUT2D eigenvalue weighted by atomic mass is 16.2. The number of benzene rings is 2. The van der Waals surface area contributed by atoms with Crippen LogP contribution < -0.4 is 15.5 Å². The number of carbonyl (C=O) groups excluding carboxylic acids is 3. The number of carbonyl (C=O) groups is 3. The Hall–Kier alpha value is -3.15. The van der Waals surface area contributed by atoms with Crippen LogP contribution in [0.25, 0.3) is 0 Å². The molecule has 4 rings (SSSR count). The van der Waals surface area contributed by atoms with Gasteiger partial charge in [-0.25, -0.2) is 0 Å². The van der Waals surface area contributed by atoms with Gasteiger partial charge >= 0.3 is 0 Å². The first kappa shape index (κ1) is 21.1. The third-order valence-electron chi connectivity index (χ3n) is 6.14. The largest absolute Gasteiger partial charge is 0.353 e. The minimum atomic E-state index is -0.348. The molecule has 3 amide bonds. The SMILES string of the molecule is Cc1cccc(NC(=O)c2cccc(N3CC(C(=O)NC4CCCCC4)CC3=O)c2)c1. The molecule has 0 bridgehead atoms. The summed E-state index contributed by atoms with van der Waals surface area (Å²) in [6.07, 6.45) is 5.78. The summed E-state index contributed by atoms with van der Waals surface area (Å²) in [5.41, 5.74) is 2.91. The fraction of sp³-hybridized carbons (Fsp3) is 0.400. The third-order valence-corrected chi connectivity index (χ3v) is 6.14. The van der Waals surface area contributed by atoms with E-state index in [0.717, 1.165) is 36.9 Å². The van der Waals surface area contributed by atoms with Gasteiger partial charge in [0.2, 0.25) is 11.8 Å². The predicted molar refractivity (Wildman–Crippen MR) is 121 cm³/mol. The lowest BCUT2D eigenvalue weighted by atomic mass is 9.95. The van der Waals surface area contributed by atoms with Gasteiger partial charge in [-0.05, 0) is 55.7 Å². The van der Waals surface area contributed by atoms with Crippen LogP contribution in [0, 0.1) is 12.8 Å². The van der Waals surface area contributed by atoms with Gasteiger partial charge in [-0.15, -0.1) is 0 Å². The van der Waals surface area contributed by atoms with Crippen molar-refractivity contribution in [1.82, 2.24) is 5.32 Å². The number of aryl methyl sites for hydroxylation is 1. The van der Waals surface area contributed by atoms with Gasteiger partial charge in [-0.2, -0.15) is 0 Å². The quantitative estimate of drug-likeness (QED) is 0.767. The molecule has 2 aromatic rings. The molecule has 1 atom stereocenters. The standard InChI is InChI=1S/C25H29N3O3/c1-17-7-5-11-21(13-17)27-24(30)18-8-6-12-22(14-18)28-16-19(15-23(28)29)25(31)26-20-9-3-2-4-10-20/h5-8,11-14,19-20H,2-4,9-10,15-16H2,1H3,(H,26,31)(H,27,30). The molecule has 0 spiro atoms. The van der Waals surface area contributed by atoms with E-state index in [4.69, 9.17) is 0 Å². The number of nitrogens with one attached hydrogen (secondary N) is 2. The van der Waals surface area contributed by atoms with Gasteiger partial charge in [0.05, 0.1) is 5.92 Å². The van der Waals surface area contributed by atoms with Gasteiger partial charge in [-0.3, -0.25) is 14.4 Å². The number of hydrogen-bond donors (Lipinski definition) is 2. The van der Waals surface area contributed by atoms with Crippen molar-refractivity contribution in [2.45, 2.75) is 51.5 Å². The number of rotatable bonds is 5. The van der Waals surface area contributed by atoms with Crippen molar-refractivity contribution in [2.75, 3.05) is 16.8 Å². The molecular formula is C25H29N3O3. The Kier molecular flexibility index (Phi) is 6.35. The number of anilines is 2. The second-order valence-electron chi connectivity index (χ2n) is 8.62. The average molecular weight is 420 g/mol. The van der Waals surface area contributed by atoms with Gasteiger partial charge in [0.25, 0.3) is 5.91 Å². The molecular weight excluding hydrogens is 390 g/mol. The second kappa shape index (κ2) is 9.33. The highest BCUT2D eigenvalue weighted by Crippen LogP contribution is 2.27. The van der Waals surface area contributed by atoms with Crippen molar-refractivity contribution in [1.29, 1.82) is 0 Å². The molecule has 31 heavy (non-hydrogen) atoms. The van der Waals surface area contributed by atoms with E-state index in [2.05, 4.69) is 10.6 Å². The van der Waals surface area contributed by atoms with Crippen LogP contribution in [0.15, 0.2) is 48.5 Å². The van der Waals surface area contributed by atoms with E-state index in [1.54, 1.807) is 23.1 Å². The molecule has 1 unspecified atom stereocenters. The minimum Gasteiger partial charge on any atom is -0.353 e. The zero-order valence-corrected chi connectivity index (χ0v) is 17.9. The van der Waals surface area contributed by atoms with Gasteiger partial charge < -0.3 is 15.5 Å². The van der Waals surface area contributed by atoms with Gasteiger partial charge in [0.1, 0.15) is 0 Å². The first-order valence-corrected chi connectivity index (χ1v) is 11.1. The Labute approximate surface area is 183 Å². The summed E-state index contributed by atoms with van der Waals surface area (Å²) in [6.45, 7) is 2.32. The fourth-order valence-electron chi connectivity index (χ4n) is 4.44. The number of nitrogens with zero attached hydrogens (tertiary/aromatic N) is 1. The molecule has 1 heterocycles. The lowest BCUT2D eigenvalue weighted by molar-refractivity contribution is -0.127. The monoisotopic (exact) mass is 419 g/mol. The van der Waals surface area contributed by atoms with E-state index >= 15 is 0 Å². The molecule has 0 aromatic heterocycles. The van der Waals surface area contributed by atoms with Gasteiger partial charge in [0, 0.05) is 35.9 Å². The zero-order chi connectivity index (χ0) is 21.8. The average Bonchev–Trinajstić information content (AvgIpc) is 3.16. The lowest BCUT2D eigenvalue weighted by Crippen LogP contribution is -2.40. The molecule has 1 saturated carbocycles. The van der Waals surface area contributed by atoms with Crippen molar-refractivity contribution in [3.8, 4) is 0 Å². The first-order valence-electron chi connectivity index (χ1n) is 11.1. The molecule has 2 N–H and O–H groups in total. The normalized spacial score (nSPS) is 19.3. The highest BCUT2D eigenvalue weighted by Gasteiger charge is 2.36. The van der Waals surface area contributed by atoms with Crippen LogP contribution >= 0.6 is 0 Å². The van der Waals surface area contributed by atoms with E-state index < -0.39 is 0 Å². The Morgan fingerprint density at radius 3 is 2.55 bits per heavy atom. The van der Waals surface area contributed by atoms with Gasteiger partial charge in [0.15, 0.2) is 0 Å². The van der Waals surface area contributed by atoms with E-state index in [-0.39, 0.29) is 36.1 Å². The van der Waals surface area contributed by atoms with Crippen molar-refractivity contribution in [3.63, 3.8) is 0 Å². The summed E-state index contributed by atoms with van der Waals surface area (Å²) >= 11 is 0. The Bertz CT molecular complexity index is 981.